The van der Waals surface area contributed by atoms with Gasteiger partial charge in [0.05, 0.1) is 4.90 Å². The fraction of sp³-hybridized carbons (Fsp3) is 0.700. The molecule has 0 aliphatic carbocycles. The number of hydrogen-bond acceptors (Lipinski definition) is 3. The molecule has 6 heteroatoms. The molecular weight excluding hydrogens is 362 g/mol. The molecule has 150 valence electrons. The zero-order valence-electron chi connectivity index (χ0n) is 16.8. The van der Waals surface area contributed by atoms with Crippen LogP contribution in [0.25, 0.3) is 0 Å². The van der Waals surface area contributed by atoms with Gasteiger partial charge >= 0.3 is 0 Å². The molecular formula is C20H37NO3SSi. The summed E-state index contributed by atoms with van der Waals surface area (Å²) >= 11 is 0. The van der Waals surface area contributed by atoms with Crippen molar-refractivity contribution in [1.82, 2.24) is 4.72 Å². The van der Waals surface area contributed by atoms with Crippen molar-refractivity contribution in [3.8, 4) is 0 Å². The van der Waals surface area contributed by atoms with Crippen LogP contribution in [0.2, 0.25) is 18.1 Å². The van der Waals surface area contributed by atoms with Crippen LogP contribution in [0.5, 0.6) is 0 Å². The van der Waals surface area contributed by atoms with Crippen molar-refractivity contribution in [2.24, 2.45) is 0 Å². The van der Waals surface area contributed by atoms with E-state index in [9.17, 15) is 8.42 Å². The molecule has 0 saturated carbocycles. The van der Waals surface area contributed by atoms with E-state index in [2.05, 4.69) is 25.5 Å². The van der Waals surface area contributed by atoms with Crippen molar-refractivity contribution in [1.29, 1.82) is 0 Å². The summed E-state index contributed by atoms with van der Waals surface area (Å²) in [6, 6.07) is 12.1. The topological polar surface area (TPSA) is 55.4 Å². The van der Waals surface area contributed by atoms with Gasteiger partial charge in [-0.3, -0.25) is 0 Å². The van der Waals surface area contributed by atoms with Gasteiger partial charge < -0.3 is 4.43 Å². The maximum absolute atomic E-state index is 12.3. The quantitative estimate of drug-likeness (QED) is 0.320. The van der Waals surface area contributed by atoms with Gasteiger partial charge in [0.2, 0.25) is 10.0 Å². The molecule has 0 aliphatic heterocycles. The first-order valence-corrected chi connectivity index (χ1v) is 14.2. The lowest BCUT2D eigenvalue weighted by atomic mass is 10.4. The molecule has 1 N–H and O–H groups in total. The second kappa shape index (κ2) is 12.7. The molecule has 0 heterocycles. The van der Waals surface area contributed by atoms with Crippen molar-refractivity contribution < 1.29 is 12.8 Å². The maximum Gasteiger partial charge on any atom is 0.240 e. The standard InChI is InChI=1S/C20H37NO3SSi/c1-4-7-17-26(18-8-5-2,19-9-6-3)24-16-15-21-25(22,23)20-13-11-10-12-14-20/h10-14,21H,4-9,15-19H2,1-3H3. The SMILES string of the molecule is CCCC[Si](CCCC)(CCCC)OCCNS(=O)(=O)c1ccccc1. The molecule has 0 unspecified atom stereocenters. The van der Waals surface area contributed by atoms with Gasteiger partial charge in [0, 0.05) is 13.2 Å². The highest BCUT2D eigenvalue weighted by Gasteiger charge is 2.33. The predicted octanol–water partition coefficient (Wildman–Crippen LogP) is 5.33. The normalized spacial score (nSPS) is 12.4. The van der Waals surface area contributed by atoms with Crippen LogP contribution in [0.15, 0.2) is 35.2 Å². The Balaban J connectivity index is 2.63. The van der Waals surface area contributed by atoms with Crippen LogP contribution in [0, 0.1) is 0 Å². The monoisotopic (exact) mass is 399 g/mol. The van der Waals surface area contributed by atoms with Gasteiger partial charge in [-0.15, -0.1) is 0 Å². The molecule has 0 fully saturated rings. The summed E-state index contributed by atoms with van der Waals surface area (Å²) in [7, 11) is -5.21. The summed E-state index contributed by atoms with van der Waals surface area (Å²) < 4.78 is 33.8. The van der Waals surface area contributed by atoms with Crippen LogP contribution in [-0.2, 0) is 14.4 Å². The van der Waals surface area contributed by atoms with Crippen molar-refractivity contribution in [3.05, 3.63) is 30.3 Å². The first-order valence-electron chi connectivity index (χ1n) is 10.2. The molecule has 0 saturated heterocycles. The molecule has 0 atom stereocenters. The summed E-state index contributed by atoms with van der Waals surface area (Å²) in [5.41, 5.74) is 0. The average molecular weight is 400 g/mol. The highest BCUT2D eigenvalue weighted by atomic mass is 32.2. The minimum Gasteiger partial charge on any atom is -0.415 e. The minimum absolute atomic E-state index is 0.312. The van der Waals surface area contributed by atoms with E-state index in [0.29, 0.717) is 18.0 Å². The number of sulfonamides is 1. The molecule has 1 aromatic rings. The Morgan fingerprint density at radius 1 is 0.885 bits per heavy atom. The lowest BCUT2D eigenvalue weighted by Crippen LogP contribution is -2.40. The predicted molar refractivity (Wildman–Crippen MR) is 112 cm³/mol. The highest BCUT2D eigenvalue weighted by molar-refractivity contribution is 7.89. The maximum atomic E-state index is 12.3. The molecule has 0 amide bonds. The van der Waals surface area contributed by atoms with Crippen molar-refractivity contribution in [3.63, 3.8) is 0 Å². The van der Waals surface area contributed by atoms with Gasteiger partial charge in [0.25, 0.3) is 0 Å². The molecule has 26 heavy (non-hydrogen) atoms. The number of nitrogens with one attached hydrogen (secondary N) is 1. The Kier molecular flexibility index (Phi) is 11.4. The van der Waals surface area contributed by atoms with Gasteiger partial charge in [-0.05, 0) is 30.3 Å². The number of rotatable bonds is 15. The van der Waals surface area contributed by atoms with Crippen molar-refractivity contribution in [2.75, 3.05) is 13.2 Å². The van der Waals surface area contributed by atoms with E-state index in [1.165, 1.54) is 56.7 Å². The lowest BCUT2D eigenvalue weighted by Gasteiger charge is -2.32. The van der Waals surface area contributed by atoms with E-state index < -0.39 is 18.3 Å². The zero-order chi connectivity index (χ0) is 19.3. The van der Waals surface area contributed by atoms with Gasteiger partial charge in [-0.1, -0.05) is 77.5 Å². The van der Waals surface area contributed by atoms with Crippen LogP contribution in [0.1, 0.15) is 59.3 Å². The first kappa shape index (κ1) is 23.3. The Labute approximate surface area is 161 Å². The molecule has 0 aliphatic rings. The van der Waals surface area contributed by atoms with E-state index in [-0.39, 0.29) is 0 Å². The van der Waals surface area contributed by atoms with Crippen LogP contribution >= 0.6 is 0 Å². The van der Waals surface area contributed by atoms with Gasteiger partial charge in [0.1, 0.15) is 0 Å². The van der Waals surface area contributed by atoms with Crippen molar-refractivity contribution in [2.45, 2.75) is 82.3 Å². The molecule has 4 nitrogen and oxygen atoms in total. The Morgan fingerprint density at radius 2 is 1.38 bits per heavy atom. The lowest BCUT2D eigenvalue weighted by molar-refractivity contribution is 0.298. The highest BCUT2D eigenvalue weighted by Crippen LogP contribution is 2.29. The smallest absolute Gasteiger partial charge is 0.240 e. The number of benzene rings is 1. The van der Waals surface area contributed by atoms with E-state index in [0.717, 1.165) is 0 Å². The number of hydrogen-bond donors (Lipinski definition) is 1. The van der Waals surface area contributed by atoms with E-state index in [4.69, 9.17) is 4.43 Å². The van der Waals surface area contributed by atoms with Gasteiger partial charge in [-0.2, -0.15) is 0 Å². The largest absolute Gasteiger partial charge is 0.415 e. The Bertz CT molecular complexity index is 556. The van der Waals surface area contributed by atoms with Gasteiger partial charge in [0.15, 0.2) is 8.32 Å². The second-order valence-corrected chi connectivity index (χ2v) is 13.0. The minimum atomic E-state index is -3.44. The van der Waals surface area contributed by atoms with E-state index in [1.54, 1.807) is 24.3 Å². The summed E-state index contributed by atoms with van der Waals surface area (Å²) in [4.78, 5) is 0.312. The fourth-order valence-electron chi connectivity index (χ4n) is 3.21. The molecule has 1 rings (SSSR count). The summed E-state index contributed by atoms with van der Waals surface area (Å²) in [6.45, 7) is 7.51. The molecule has 0 radical (unpaired) electrons. The third-order valence-corrected chi connectivity index (χ3v) is 10.9. The first-order chi connectivity index (χ1) is 12.5. The van der Waals surface area contributed by atoms with Crippen LogP contribution in [0.4, 0.5) is 0 Å². The second-order valence-electron chi connectivity index (χ2n) is 7.05. The van der Waals surface area contributed by atoms with E-state index in [1.807, 2.05) is 6.07 Å². The fourth-order valence-corrected chi connectivity index (χ4v) is 8.96. The van der Waals surface area contributed by atoms with Crippen LogP contribution < -0.4 is 4.72 Å². The Hall–Kier alpha value is -0.693. The molecule has 0 spiro atoms. The van der Waals surface area contributed by atoms with Crippen LogP contribution in [-0.4, -0.2) is 29.9 Å². The van der Waals surface area contributed by atoms with Crippen LogP contribution in [0.3, 0.4) is 0 Å². The summed E-state index contributed by atoms with van der Waals surface area (Å²) in [6.07, 6.45) is 7.23. The van der Waals surface area contributed by atoms with E-state index >= 15 is 0 Å². The van der Waals surface area contributed by atoms with Gasteiger partial charge in [-0.25, -0.2) is 13.1 Å². The number of unbranched alkanes of at least 4 members (excludes halogenated alkanes) is 3. The average Bonchev–Trinajstić information content (AvgIpc) is 2.66. The third kappa shape index (κ3) is 8.33. The Morgan fingerprint density at radius 3 is 1.85 bits per heavy atom. The molecule has 0 aromatic heterocycles. The third-order valence-electron chi connectivity index (χ3n) is 4.81. The zero-order valence-corrected chi connectivity index (χ0v) is 18.6. The molecule has 1 aromatic carbocycles. The van der Waals surface area contributed by atoms with Crippen molar-refractivity contribution >= 4 is 18.3 Å². The molecule has 0 bridgehead atoms. The summed E-state index contributed by atoms with van der Waals surface area (Å²) in [5.74, 6) is 0. The summed E-state index contributed by atoms with van der Waals surface area (Å²) in [5, 5.41) is 0.